The van der Waals surface area contributed by atoms with Crippen LogP contribution in [0.1, 0.15) is 41.5 Å². The number of nitrogens with one attached hydrogen (secondary N) is 2. The summed E-state index contributed by atoms with van der Waals surface area (Å²) in [6, 6.07) is 11.1. The molecule has 0 unspecified atom stereocenters. The van der Waals surface area contributed by atoms with E-state index in [2.05, 4.69) is 15.6 Å². The van der Waals surface area contributed by atoms with E-state index in [1.807, 2.05) is 6.07 Å². The molecule has 3 aliphatic rings. The normalized spacial score (nSPS) is 20.0. The first-order chi connectivity index (χ1) is 19.9. The van der Waals surface area contributed by atoms with Gasteiger partial charge in [-0.15, -0.1) is 0 Å². The molecular weight excluding hydrogens is 559 g/mol. The first-order valence-electron chi connectivity index (χ1n) is 13.4. The van der Waals surface area contributed by atoms with Gasteiger partial charge in [-0.1, -0.05) is 18.6 Å². The molecule has 12 heteroatoms. The Bertz CT molecular complexity index is 1600. The highest BCUT2D eigenvalue weighted by Crippen LogP contribution is 2.54. The van der Waals surface area contributed by atoms with E-state index in [1.165, 1.54) is 0 Å². The molecule has 1 aromatic heterocycles. The maximum absolute atomic E-state index is 14.0. The molecule has 2 heterocycles. The van der Waals surface area contributed by atoms with Crippen LogP contribution in [0.15, 0.2) is 54.7 Å². The summed E-state index contributed by atoms with van der Waals surface area (Å²) >= 11 is 0. The summed E-state index contributed by atoms with van der Waals surface area (Å²) in [6.07, 6.45) is -3.12. The van der Waals surface area contributed by atoms with Crippen molar-refractivity contribution in [2.45, 2.75) is 50.2 Å². The number of pyridine rings is 1. The van der Waals surface area contributed by atoms with Gasteiger partial charge in [0.25, 0.3) is 0 Å². The Balaban J connectivity index is 1.22. The summed E-state index contributed by atoms with van der Waals surface area (Å²) in [4.78, 5) is 44.3. The third-order valence-electron chi connectivity index (χ3n) is 8.54. The number of hydrogen-bond acceptors (Lipinski definition) is 4. The third kappa shape index (κ3) is 4.58. The van der Waals surface area contributed by atoms with Gasteiger partial charge >= 0.3 is 6.18 Å². The smallest absolute Gasteiger partial charge is 0.328 e. The van der Waals surface area contributed by atoms with Gasteiger partial charge in [0, 0.05) is 30.1 Å². The standard InChI is InChI=1S/C30H25F5N4O3/c31-20-9-17(10-21(32)12-20)15-39(27(42)29(6-2-7-29)30(33,34)35)16-24(40)37-22-5-4-18-13-28(14-19(18)11-22)23-3-1-8-36-25(23)38-26(28)41/h1,3-5,8-12H,2,6-7,13-16H2,(H,37,40)(H,36,38,41)/t28-/m1/s1. The molecule has 1 fully saturated rings. The Morgan fingerprint density at radius 2 is 1.71 bits per heavy atom. The number of aromatic nitrogens is 1. The van der Waals surface area contributed by atoms with Crippen molar-refractivity contribution in [1.82, 2.24) is 9.88 Å². The van der Waals surface area contributed by atoms with E-state index in [1.54, 1.807) is 30.5 Å². The molecule has 1 aliphatic heterocycles. The number of fused-ring (bicyclic) bond motifs is 3. The molecular formula is C30H25F5N4O3. The SMILES string of the molecule is O=C(CN(Cc1cc(F)cc(F)c1)C(=O)C1(C(F)(F)F)CCC1)Nc1ccc2c(c1)C[C@@]1(C2)C(=O)Nc2ncccc21. The Kier molecular flexibility index (Phi) is 6.54. The molecule has 1 saturated carbocycles. The number of carbonyl (C=O) groups is 3. The van der Waals surface area contributed by atoms with Crippen molar-refractivity contribution in [2.24, 2.45) is 5.41 Å². The van der Waals surface area contributed by atoms with Gasteiger partial charge in [-0.3, -0.25) is 14.4 Å². The summed E-state index contributed by atoms with van der Waals surface area (Å²) in [5.74, 6) is -3.66. The second kappa shape index (κ2) is 9.88. The summed E-state index contributed by atoms with van der Waals surface area (Å²) in [5, 5.41) is 5.44. The van der Waals surface area contributed by atoms with Gasteiger partial charge in [-0.25, -0.2) is 13.8 Å². The Labute approximate surface area is 237 Å². The van der Waals surface area contributed by atoms with Gasteiger partial charge in [-0.05, 0) is 72.7 Å². The molecule has 3 amide bonds. The highest BCUT2D eigenvalue weighted by atomic mass is 19.4. The molecule has 218 valence electrons. The zero-order chi connectivity index (χ0) is 29.9. The van der Waals surface area contributed by atoms with Gasteiger partial charge in [0.05, 0.1) is 5.41 Å². The maximum Gasteiger partial charge on any atom is 0.403 e. The van der Waals surface area contributed by atoms with Crippen LogP contribution < -0.4 is 10.6 Å². The van der Waals surface area contributed by atoms with E-state index >= 15 is 0 Å². The van der Waals surface area contributed by atoms with Crippen LogP contribution in [0.2, 0.25) is 0 Å². The molecule has 42 heavy (non-hydrogen) atoms. The number of halogens is 5. The fraction of sp³-hybridized carbons (Fsp3) is 0.333. The van der Waals surface area contributed by atoms with E-state index in [9.17, 15) is 36.3 Å². The number of carbonyl (C=O) groups excluding carboxylic acids is 3. The van der Waals surface area contributed by atoms with E-state index in [-0.39, 0.29) is 17.9 Å². The summed E-state index contributed by atoms with van der Waals surface area (Å²) < 4.78 is 69.6. The van der Waals surface area contributed by atoms with Crippen LogP contribution in [0.3, 0.4) is 0 Å². The average Bonchev–Trinajstić information content (AvgIpc) is 3.38. The van der Waals surface area contributed by atoms with Crippen LogP contribution in [0.5, 0.6) is 0 Å². The largest absolute Gasteiger partial charge is 0.403 e. The minimum Gasteiger partial charge on any atom is -0.328 e. The van der Waals surface area contributed by atoms with Gasteiger partial charge in [0.2, 0.25) is 17.7 Å². The van der Waals surface area contributed by atoms with Gasteiger partial charge in [0.15, 0.2) is 0 Å². The third-order valence-corrected chi connectivity index (χ3v) is 8.54. The zero-order valence-corrected chi connectivity index (χ0v) is 22.2. The van der Waals surface area contributed by atoms with Crippen molar-refractivity contribution < 1.29 is 36.3 Å². The van der Waals surface area contributed by atoms with Crippen molar-refractivity contribution in [3.05, 3.63) is 88.6 Å². The summed E-state index contributed by atoms with van der Waals surface area (Å²) in [6.45, 7) is -1.36. The second-order valence-corrected chi connectivity index (χ2v) is 11.2. The molecule has 0 saturated heterocycles. The lowest BCUT2D eigenvalue weighted by Gasteiger charge is -2.44. The predicted octanol–water partition coefficient (Wildman–Crippen LogP) is 5.05. The lowest BCUT2D eigenvalue weighted by molar-refractivity contribution is -0.248. The molecule has 1 atom stereocenters. The summed E-state index contributed by atoms with van der Waals surface area (Å²) in [7, 11) is 0. The van der Waals surface area contributed by atoms with Gasteiger partial charge < -0.3 is 15.5 Å². The number of benzene rings is 2. The maximum atomic E-state index is 14.0. The van der Waals surface area contributed by atoms with Crippen LogP contribution in [-0.2, 0) is 39.2 Å². The minimum absolute atomic E-state index is 0.0854. The average molecular weight is 585 g/mol. The molecule has 0 bridgehead atoms. The van der Waals surface area contributed by atoms with Crippen LogP contribution in [0.25, 0.3) is 0 Å². The molecule has 7 nitrogen and oxygen atoms in total. The van der Waals surface area contributed by atoms with E-state index in [4.69, 9.17) is 0 Å². The molecule has 0 radical (unpaired) electrons. The number of nitrogens with zero attached hydrogens (tertiary/aromatic N) is 2. The van der Waals surface area contributed by atoms with Crippen LogP contribution in [-0.4, -0.2) is 40.3 Å². The quantitative estimate of drug-likeness (QED) is 0.397. The fourth-order valence-electron chi connectivity index (χ4n) is 6.29. The van der Waals surface area contributed by atoms with Crippen molar-refractivity contribution in [3.63, 3.8) is 0 Å². The second-order valence-electron chi connectivity index (χ2n) is 11.2. The number of anilines is 2. The molecule has 1 spiro atoms. The van der Waals surface area contributed by atoms with Crippen molar-refractivity contribution in [2.75, 3.05) is 17.2 Å². The first kappa shape index (κ1) is 27.8. The van der Waals surface area contributed by atoms with Crippen LogP contribution in [0.4, 0.5) is 33.5 Å². The number of rotatable bonds is 6. The minimum atomic E-state index is -4.85. The van der Waals surface area contributed by atoms with Crippen molar-refractivity contribution in [3.8, 4) is 0 Å². The van der Waals surface area contributed by atoms with Gasteiger partial charge in [0.1, 0.15) is 29.4 Å². The van der Waals surface area contributed by atoms with Crippen LogP contribution in [0, 0.1) is 17.0 Å². The van der Waals surface area contributed by atoms with Crippen LogP contribution >= 0.6 is 0 Å². The number of alkyl halides is 3. The molecule has 3 aromatic rings. The van der Waals surface area contributed by atoms with Crippen molar-refractivity contribution >= 4 is 29.2 Å². The molecule has 2 aliphatic carbocycles. The number of amides is 3. The van der Waals surface area contributed by atoms with Crippen molar-refractivity contribution in [1.29, 1.82) is 0 Å². The summed E-state index contributed by atoms with van der Waals surface area (Å²) in [5.41, 5.74) is -0.720. The predicted molar refractivity (Wildman–Crippen MR) is 141 cm³/mol. The number of hydrogen-bond donors (Lipinski definition) is 2. The first-order valence-corrected chi connectivity index (χ1v) is 13.4. The highest BCUT2D eigenvalue weighted by molar-refractivity contribution is 6.06. The lowest BCUT2D eigenvalue weighted by Crippen LogP contribution is -2.57. The molecule has 6 rings (SSSR count). The highest BCUT2D eigenvalue weighted by Gasteiger charge is 2.64. The monoisotopic (exact) mass is 584 g/mol. The lowest BCUT2D eigenvalue weighted by atomic mass is 9.67. The van der Waals surface area contributed by atoms with E-state index in [0.717, 1.165) is 28.8 Å². The fourth-order valence-corrected chi connectivity index (χ4v) is 6.29. The Hall–Kier alpha value is -4.35. The Morgan fingerprint density at radius 3 is 2.38 bits per heavy atom. The molecule has 2 N–H and O–H groups in total. The van der Waals surface area contributed by atoms with Gasteiger partial charge in [-0.2, -0.15) is 13.2 Å². The van der Waals surface area contributed by atoms with E-state index in [0.29, 0.717) is 35.3 Å². The topological polar surface area (TPSA) is 91.4 Å². The van der Waals surface area contributed by atoms with E-state index < -0.39 is 66.4 Å². The molecule has 2 aromatic carbocycles. The zero-order valence-electron chi connectivity index (χ0n) is 22.2. The Morgan fingerprint density at radius 1 is 1.00 bits per heavy atom.